The highest BCUT2D eigenvalue weighted by molar-refractivity contribution is 9.10. The van der Waals surface area contributed by atoms with Crippen molar-refractivity contribution in [3.63, 3.8) is 0 Å². The Balaban J connectivity index is 1.37. The number of allylic oxidation sites excluding steroid dienone is 2. The van der Waals surface area contributed by atoms with E-state index in [0.29, 0.717) is 32.6 Å². The Labute approximate surface area is 220 Å². The molecule has 8 nitrogen and oxygen atoms in total. The number of anilines is 1. The van der Waals surface area contributed by atoms with Crippen LogP contribution in [0.3, 0.4) is 0 Å². The van der Waals surface area contributed by atoms with E-state index >= 15 is 0 Å². The van der Waals surface area contributed by atoms with Crippen LogP contribution in [-0.4, -0.2) is 34.2 Å². The number of hydrogen-bond acceptors (Lipinski definition) is 5. The third kappa shape index (κ3) is 3.36. The minimum atomic E-state index is -0.541. The second kappa shape index (κ2) is 8.24. The van der Waals surface area contributed by atoms with Crippen LogP contribution in [0, 0.1) is 52.5 Å². The molecule has 7 rings (SSSR count). The van der Waals surface area contributed by atoms with Gasteiger partial charge < -0.3 is 0 Å². The largest absolute Gasteiger partial charge is 0.289 e. The van der Waals surface area contributed by atoms with E-state index in [0.717, 1.165) is 6.42 Å². The van der Waals surface area contributed by atoms with Crippen LogP contribution in [0.5, 0.6) is 0 Å². The molecule has 2 saturated carbocycles. The molecule has 3 fully saturated rings. The second-order valence-electron chi connectivity index (χ2n) is 9.94. The van der Waals surface area contributed by atoms with E-state index in [9.17, 15) is 24.5 Å². The van der Waals surface area contributed by atoms with Gasteiger partial charge in [0.25, 0.3) is 11.6 Å². The van der Waals surface area contributed by atoms with Gasteiger partial charge in [-0.3, -0.25) is 34.3 Å². The quantitative estimate of drug-likeness (QED) is 0.219. The predicted octanol–water partition coefficient (Wildman–Crippen LogP) is 4.98. The van der Waals surface area contributed by atoms with E-state index in [1.165, 1.54) is 34.1 Å². The summed E-state index contributed by atoms with van der Waals surface area (Å²) < 4.78 is 0.648. The van der Waals surface area contributed by atoms with Crippen LogP contribution in [0.2, 0.25) is 5.02 Å². The standard InChI is InChI=1S/C26H21BrClN3O5/c1-12-20(9-8-19(27)23(12)28)29(24(32)13-2-4-14(5-3-13)31(35)36)11-30-25(33)21-15-6-7-16(18-10-17(15)18)22(21)26(30)34/h2-9,15-18,21-22H,10-11H2,1H3. The fraction of sp³-hybridized carbons (Fsp3) is 0.346. The smallest absolute Gasteiger partial charge is 0.269 e. The third-order valence-electron chi connectivity index (χ3n) is 8.21. The summed E-state index contributed by atoms with van der Waals surface area (Å²) in [5.41, 5.74) is 1.10. The van der Waals surface area contributed by atoms with Crippen molar-refractivity contribution in [1.29, 1.82) is 0 Å². The second-order valence-corrected chi connectivity index (χ2v) is 11.2. The van der Waals surface area contributed by atoms with Gasteiger partial charge in [-0.05, 0) is 82.8 Å². The zero-order valence-electron chi connectivity index (χ0n) is 19.1. The molecule has 2 bridgehead atoms. The van der Waals surface area contributed by atoms with Gasteiger partial charge in [0, 0.05) is 22.2 Å². The fourth-order valence-electron chi connectivity index (χ4n) is 6.37. The number of non-ortho nitro benzene ring substituents is 1. The molecule has 36 heavy (non-hydrogen) atoms. The van der Waals surface area contributed by atoms with Crippen LogP contribution in [0.1, 0.15) is 22.3 Å². The topological polar surface area (TPSA) is 101 Å². The van der Waals surface area contributed by atoms with Gasteiger partial charge >= 0.3 is 0 Å². The molecule has 0 spiro atoms. The minimum absolute atomic E-state index is 0.0779. The SMILES string of the molecule is Cc1c(N(CN2C(=O)C3C4C=CC(C5CC45)C3C2=O)C(=O)c2ccc([N+](=O)[O-])cc2)ccc(Br)c1Cl. The Hall–Kier alpha value is -3.04. The first-order valence-electron chi connectivity index (χ1n) is 11.7. The van der Waals surface area contributed by atoms with Crippen LogP contribution in [0.15, 0.2) is 53.0 Å². The van der Waals surface area contributed by atoms with Gasteiger partial charge in [-0.15, -0.1) is 0 Å². The molecule has 1 saturated heterocycles. The van der Waals surface area contributed by atoms with Gasteiger partial charge in [0.05, 0.1) is 27.5 Å². The average molecular weight is 571 g/mol. The van der Waals surface area contributed by atoms with Gasteiger partial charge in [0.15, 0.2) is 0 Å². The highest BCUT2D eigenvalue weighted by atomic mass is 79.9. The zero-order valence-corrected chi connectivity index (χ0v) is 21.5. The Morgan fingerprint density at radius 2 is 1.67 bits per heavy atom. The molecule has 2 aromatic carbocycles. The fourth-order valence-corrected chi connectivity index (χ4v) is 6.95. The number of nitro benzene ring substituents is 1. The first kappa shape index (κ1) is 23.4. The number of halogens is 2. The average Bonchev–Trinajstić information content (AvgIpc) is 3.66. The van der Waals surface area contributed by atoms with Crippen molar-refractivity contribution in [3.05, 3.63) is 79.3 Å². The van der Waals surface area contributed by atoms with E-state index in [1.807, 2.05) is 0 Å². The molecule has 4 aliphatic carbocycles. The van der Waals surface area contributed by atoms with Crippen LogP contribution in [-0.2, 0) is 9.59 Å². The summed E-state index contributed by atoms with van der Waals surface area (Å²) >= 11 is 9.84. The van der Waals surface area contributed by atoms with Crippen molar-refractivity contribution >= 4 is 56.6 Å². The normalized spacial score (nSPS) is 29.2. The van der Waals surface area contributed by atoms with Gasteiger partial charge in [-0.1, -0.05) is 23.8 Å². The van der Waals surface area contributed by atoms with E-state index in [-0.39, 0.29) is 53.4 Å². The highest BCUT2D eigenvalue weighted by Gasteiger charge is 2.67. The number of imide groups is 1. The molecule has 3 amide bonds. The van der Waals surface area contributed by atoms with Crippen molar-refractivity contribution < 1.29 is 19.3 Å². The summed E-state index contributed by atoms with van der Waals surface area (Å²) in [4.78, 5) is 54.0. The lowest BCUT2D eigenvalue weighted by Crippen LogP contribution is -2.45. The van der Waals surface area contributed by atoms with Crippen LogP contribution in [0.25, 0.3) is 0 Å². The van der Waals surface area contributed by atoms with Crippen LogP contribution < -0.4 is 4.90 Å². The first-order chi connectivity index (χ1) is 17.2. The third-order valence-corrected chi connectivity index (χ3v) is 9.58. The maximum atomic E-state index is 13.7. The molecule has 0 N–H and O–H groups in total. The number of benzene rings is 2. The monoisotopic (exact) mass is 569 g/mol. The van der Waals surface area contributed by atoms with E-state index in [1.54, 1.807) is 19.1 Å². The number of carbonyl (C=O) groups excluding carboxylic acids is 3. The number of nitrogens with zero attached hydrogens (tertiary/aromatic N) is 3. The molecule has 10 heteroatoms. The Morgan fingerprint density at radius 1 is 1.08 bits per heavy atom. The number of carbonyl (C=O) groups is 3. The van der Waals surface area contributed by atoms with Gasteiger partial charge in [0.2, 0.25) is 11.8 Å². The lowest BCUT2D eigenvalue weighted by atomic mass is 9.63. The maximum Gasteiger partial charge on any atom is 0.269 e. The number of hydrogen-bond donors (Lipinski definition) is 0. The summed E-state index contributed by atoms with van der Waals surface area (Å²) in [5, 5.41) is 11.5. The molecular formula is C26H21BrClN3O5. The molecule has 6 atom stereocenters. The number of likely N-dealkylation sites (tertiary alicyclic amines) is 1. The highest BCUT2D eigenvalue weighted by Crippen LogP contribution is 2.65. The Bertz CT molecular complexity index is 1340. The lowest BCUT2D eigenvalue weighted by molar-refractivity contribution is -0.384. The molecular weight excluding hydrogens is 550 g/mol. The van der Waals surface area contributed by atoms with Crippen LogP contribution in [0.4, 0.5) is 11.4 Å². The minimum Gasteiger partial charge on any atom is -0.289 e. The maximum absolute atomic E-state index is 13.7. The Kier molecular flexibility index (Phi) is 5.35. The van der Waals surface area contributed by atoms with Crippen molar-refractivity contribution in [2.24, 2.45) is 35.5 Å². The summed E-state index contributed by atoms with van der Waals surface area (Å²) in [5.74, 6) is -0.612. The number of nitro groups is 1. The molecule has 0 aromatic heterocycles. The summed E-state index contributed by atoms with van der Waals surface area (Å²) in [6.07, 6.45) is 5.28. The van der Waals surface area contributed by atoms with Crippen molar-refractivity contribution in [1.82, 2.24) is 4.90 Å². The first-order valence-corrected chi connectivity index (χ1v) is 12.9. The van der Waals surface area contributed by atoms with E-state index in [4.69, 9.17) is 11.6 Å². The summed E-state index contributed by atoms with van der Waals surface area (Å²) in [6.45, 7) is 1.50. The molecule has 0 radical (unpaired) electrons. The number of rotatable bonds is 5. The van der Waals surface area contributed by atoms with Crippen LogP contribution >= 0.6 is 27.5 Å². The van der Waals surface area contributed by atoms with Crippen molar-refractivity contribution in [2.75, 3.05) is 11.6 Å². The molecule has 184 valence electrons. The molecule has 6 unspecified atom stereocenters. The van der Waals surface area contributed by atoms with Crippen molar-refractivity contribution in [3.8, 4) is 0 Å². The summed E-state index contributed by atoms with van der Waals surface area (Å²) in [6, 6.07) is 8.65. The van der Waals surface area contributed by atoms with Gasteiger partial charge in [0.1, 0.15) is 6.67 Å². The number of amides is 3. The zero-order chi connectivity index (χ0) is 25.5. The predicted molar refractivity (Wildman–Crippen MR) is 135 cm³/mol. The van der Waals surface area contributed by atoms with E-state index in [2.05, 4.69) is 28.1 Å². The molecule has 1 heterocycles. The lowest BCUT2D eigenvalue weighted by Gasteiger charge is -2.37. The summed E-state index contributed by atoms with van der Waals surface area (Å²) in [7, 11) is 0. The van der Waals surface area contributed by atoms with Gasteiger partial charge in [-0.2, -0.15) is 0 Å². The van der Waals surface area contributed by atoms with Gasteiger partial charge in [-0.25, -0.2) is 0 Å². The molecule has 5 aliphatic rings. The van der Waals surface area contributed by atoms with E-state index < -0.39 is 10.8 Å². The molecule has 2 aromatic rings. The Morgan fingerprint density at radius 3 is 2.22 bits per heavy atom. The molecule has 1 aliphatic heterocycles. The van der Waals surface area contributed by atoms with Crippen molar-refractivity contribution in [2.45, 2.75) is 13.3 Å².